The van der Waals surface area contributed by atoms with Crippen LogP contribution in [0.2, 0.25) is 5.02 Å². The molecular formula is C11H12ClNO5. The molecule has 0 atom stereocenters. The van der Waals surface area contributed by atoms with Crippen molar-refractivity contribution in [1.29, 1.82) is 0 Å². The maximum atomic E-state index is 11.4. The second kappa shape index (κ2) is 6.20. The molecule has 98 valence electrons. The first-order valence-electron chi connectivity index (χ1n) is 5.20. The molecule has 1 aromatic rings. The van der Waals surface area contributed by atoms with Gasteiger partial charge in [0.05, 0.1) is 29.2 Å². The second-order valence-corrected chi connectivity index (χ2v) is 3.80. The van der Waals surface area contributed by atoms with Gasteiger partial charge in [0, 0.05) is 12.1 Å². The number of carbonyl (C=O) groups excluding carboxylic acids is 1. The van der Waals surface area contributed by atoms with Crippen LogP contribution in [0, 0.1) is 10.1 Å². The predicted molar refractivity (Wildman–Crippen MR) is 65.2 cm³/mol. The number of nitro groups is 1. The average molecular weight is 274 g/mol. The Balaban J connectivity index is 3.25. The second-order valence-electron chi connectivity index (χ2n) is 3.40. The van der Waals surface area contributed by atoms with Gasteiger partial charge in [0.15, 0.2) is 5.75 Å². The molecule has 0 spiro atoms. The fraction of sp³-hybridized carbons (Fsp3) is 0.364. The molecule has 0 N–H and O–H groups in total. The van der Waals surface area contributed by atoms with Crippen molar-refractivity contribution >= 4 is 23.3 Å². The molecule has 18 heavy (non-hydrogen) atoms. The quantitative estimate of drug-likeness (QED) is 0.468. The van der Waals surface area contributed by atoms with Crippen molar-refractivity contribution in [2.45, 2.75) is 13.3 Å². The van der Waals surface area contributed by atoms with Crippen LogP contribution in [0.25, 0.3) is 0 Å². The third kappa shape index (κ3) is 3.10. The molecule has 0 aliphatic rings. The van der Waals surface area contributed by atoms with Crippen LogP contribution in [-0.2, 0) is 4.74 Å². The number of benzene rings is 1. The van der Waals surface area contributed by atoms with Crippen molar-refractivity contribution in [3.05, 3.63) is 32.8 Å². The summed E-state index contributed by atoms with van der Waals surface area (Å²) in [6.45, 7) is 2.20. The number of carbonyl (C=O) groups is 1. The molecule has 0 aliphatic carbocycles. The van der Waals surface area contributed by atoms with Gasteiger partial charge in [-0.3, -0.25) is 10.1 Å². The molecule has 0 unspecified atom stereocenters. The van der Waals surface area contributed by atoms with Crippen LogP contribution >= 0.6 is 11.6 Å². The lowest BCUT2D eigenvalue weighted by molar-refractivity contribution is -0.385. The average Bonchev–Trinajstić information content (AvgIpc) is 2.34. The molecule has 0 fully saturated rings. The number of nitro benzene ring substituents is 1. The Hall–Kier alpha value is -1.82. The molecule has 0 bridgehead atoms. The van der Waals surface area contributed by atoms with Crippen molar-refractivity contribution < 1.29 is 19.2 Å². The Morgan fingerprint density at radius 1 is 1.50 bits per heavy atom. The Kier molecular flexibility index (Phi) is 4.91. The summed E-state index contributed by atoms with van der Waals surface area (Å²) in [5.41, 5.74) is -0.372. The summed E-state index contributed by atoms with van der Waals surface area (Å²) >= 11 is 5.86. The molecule has 6 nitrogen and oxygen atoms in total. The Bertz CT molecular complexity index is 475. The van der Waals surface area contributed by atoms with Gasteiger partial charge in [-0.05, 0) is 6.42 Å². The summed E-state index contributed by atoms with van der Waals surface area (Å²) in [6, 6.07) is 2.31. The van der Waals surface area contributed by atoms with E-state index in [-0.39, 0.29) is 22.0 Å². The van der Waals surface area contributed by atoms with Crippen molar-refractivity contribution in [1.82, 2.24) is 0 Å². The van der Waals surface area contributed by atoms with E-state index in [0.717, 1.165) is 6.07 Å². The van der Waals surface area contributed by atoms with E-state index in [1.807, 2.05) is 6.92 Å². The molecule has 7 heteroatoms. The maximum absolute atomic E-state index is 11.4. The van der Waals surface area contributed by atoms with Crippen LogP contribution in [-0.4, -0.2) is 24.6 Å². The molecular weight excluding hydrogens is 262 g/mol. The van der Waals surface area contributed by atoms with Crippen LogP contribution in [0.1, 0.15) is 23.7 Å². The fourth-order valence-electron chi connectivity index (χ4n) is 1.28. The number of esters is 1. The monoisotopic (exact) mass is 273 g/mol. The highest BCUT2D eigenvalue weighted by Gasteiger charge is 2.22. The predicted octanol–water partition coefficient (Wildman–Crippen LogP) is 2.82. The van der Waals surface area contributed by atoms with Crippen molar-refractivity contribution in [2.75, 3.05) is 13.7 Å². The minimum absolute atomic E-state index is 0.0412. The molecule has 0 saturated carbocycles. The first kappa shape index (κ1) is 14.2. The number of ether oxygens (including phenoxy) is 2. The number of rotatable bonds is 5. The third-order valence-corrected chi connectivity index (χ3v) is 2.43. The van der Waals surface area contributed by atoms with Gasteiger partial charge in [-0.2, -0.15) is 0 Å². The lowest BCUT2D eigenvalue weighted by Gasteiger charge is -2.08. The minimum Gasteiger partial charge on any atom is -0.487 e. The van der Waals surface area contributed by atoms with E-state index >= 15 is 0 Å². The van der Waals surface area contributed by atoms with Gasteiger partial charge in [-0.15, -0.1) is 0 Å². The van der Waals surface area contributed by atoms with Crippen molar-refractivity contribution in [3.8, 4) is 5.75 Å². The van der Waals surface area contributed by atoms with Gasteiger partial charge in [-0.1, -0.05) is 18.5 Å². The third-order valence-electron chi connectivity index (χ3n) is 2.11. The summed E-state index contributed by atoms with van der Waals surface area (Å²) in [5.74, 6) is -0.690. The maximum Gasteiger partial charge on any atom is 0.339 e. The first-order valence-corrected chi connectivity index (χ1v) is 5.58. The van der Waals surface area contributed by atoms with E-state index < -0.39 is 10.9 Å². The zero-order valence-electron chi connectivity index (χ0n) is 9.94. The van der Waals surface area contributed by atoms with Gasteiger partial charge in [0.1, 0.15) is 0 Å². The molecule has 1 aromatic carbocycles. The number of methoxy groups -OCH3 is 1. The highest BCUT2D eigenvalue weighted by molar-refractivity contribution is 6.33. The van der Waals surface area contributed by atoms with Crippen LogP contribution in [0.4, 0.5) is 5.69 Å². The number of hydrogen-bond acceptors (Lipinski definition) is 5. The van der Waals surface area contributed by atoms with Gasteiger partial charge >= 0.3 is 11.7 Å². The molecule has 0 saturated heterocycles. The van der Waals surface area contributed by atoms with Gasteiger partial charge < -0.3 is 9.47 Å². The van der Waals surface area contributed by atoms with E-state index in [1.165, 1.54) is 13.2 Å². The molecule has 0 aromatic heterocycles. The van der Waals surface area contributed by atoms with E-state index in [2.05, 4.69) is 4.74 Å². The van der Waals surface area contributed by atoms with Gasteiger partial charge in [0.25, 0.3) is 0 Å². The Morgan fingerprint density at radius 2 is 2.17 bits per heavy atom. The minimum atomic E-state index is -0.731. The zero-order valence-corrected chi connectivity index (χ0v) is 10.7. The molecule has 1 rings (SSSR count). The highest BCUT2D eigenvalue weighted by atomic mass is 35.5. The van der Waals surface area contributed by atoms with E-state index in [4.69, 9.17) is 16.3 Å². The summed E-state index contributed by atoms with van der Waals surface area (Å²) in [4.78, 5) is 21.6. The number of hydrogen-bond donors (Lipinski definition) is 0. The fourth-order valence-corrected chi connectivity index (χ4v) is 1.51. The van der Waals surface area contributed by atoms with Gasteiger partial charge in [-0.25, -0.2) is 4.79 Å². The van der Waals surface area contributed by atoms with Crippen molar-refractivity contribution in [3.63, 3.8) is 0 Å². The lowest BCUT2D eigenvalue weighted by atomic mass is 10.2. The summed E-state index contributed by atoms with van der Waals surface area (Å²) in [5, 5.41) is 10.9. The Labute approximate surface area is 109 Å². The van der Waals surface area contributed by atoms with E-state index in [1.54, 1.807) is 0 Å². The molecule has 0 amide bonds. The van der Waals surface area contributed by atoms with Crippen LogP contribution < -0.4 is 4.74 Å². The molecule has 0 aliphatic heterocycles. The Morgan fingerprint density at radius 3 is 2.67 bits per heavy atom. The van der Waals surface area contributed by atoms with Crippen LogP contribution in [0.15, 0.2) is 12.1 Å². The normalized spacial score (nSPS) is 9.94. The smallest absolute Gasteiger partial charge is 0.339 e. The lowest BCUT2D eigenvalue weighted by Crippen LogP contribution is -2.05. The summed E-state index contributed by atoms with van der Waals surface area (Å²) in [7, 11) is 1.17. The van der Waals surface area contributed by atoms with Crippen molar-refractivity contribution in [2.24, 2.45) is 0 Å². The standard InChI is InChI=1S/C11H12ClNO5/c1-3-4-18-10-6-8(12)7(11(14)17-2)5-9(10)13(15)16/h5-6H,3-4H2,1-2H3. The molecule has 0 heterocycles. The van der Waals surface area contributed by atoms with E-state index in [9.17, 15) is 14.9 Å². The number of nitrogens with zero attached hydrogens (tertiary/aromatic N) is 1. The number of halogens is 1. The topological polar surface area (TPSA) is 78.7 Å². The van der Waals surface area contributed by atoms with E-state index in [0.29, 0.717) is 13.0 Å². The molecule has 0 radical (unpaired) electrons. The zero-order chi connectivity index (χ0) is 13.7. The largest absolute Gasteiger partial charge is 0.487 e. The van der Waals surface area contributed by atoms with Gasteiger partial charge in [0.2, 0.25) is 0 Å². The SMILES string of the molecule is CCCOc1cc(Cl)c(C(=O)OC)cc1[N+](=O)[O-]. The summed E-state index contributed by atoms with van der Waals surface area (Å²) in [6.07, 6.45) is 0.702. The summed E-state index contributed by atoms with van der Waals surface area (Å²) < 4.78 is 9.70. The first-order chi connectivity index (χ1) is 8.51. The van der Waals surface area contributed by atoms with Crippen LogP contribution in [0.5, 0.6) is 5.75 Å². The highest BCUT2D eigenvalue weighted by Crippen LogP contribution is 2.33. The van der Waals surface area contributed by atoms with Crippen LogP contribution in [0.3, 0.4) is 0 Å².